The number of aliphatic carboxylic acids is 2. The number of rotatable bonds is 4. The van der Waals surface area contributed by atoms with Gasteiger partial charge in [-0.05, 0) is 36.4 Å². The van der Waals surface area contributed by atoms with Gasteiger partial charge in [0, 0.05) is 47.6 Å². The minimum atomic E-state index is -1.26. The SMILES string of the molecule is O=C(NC1CN2CCC1C2)c1cc2sccc2cn1.O=C(O)/C=C/C(=O)O. The number of amides is 1. The van der Waals surface area contributed by atoms with E-state index in [1.54, 1.807) is 17.5 Å². The fourth-order valence-electron chi connectivity index (χ4n) is 3.31. The van der Waals surface area contributed by atoms with Crippen LogP contribution < -0.4 is 5.32 Å². The number of nitrogens with zero attached hydrogens (tertiary/aromatic N) is 2. The molecule has 3 N–H and O–H groups in total. The summed E-state index contributed by atoms with van der Waals surface area (Å²) < 4.78 is 1.12. The molecule has 8 nitrogen and oxygen atoms in total. The molecule has 2 aliphatic rings. The summed E-state index contributed by atoms with van der Waals surface area (Å²) >= 11 is 1.65. The average Bonchev–Trinajstić information content (AvgIpc) is 3.36. The first-order valence-corrected chi connectivity index (χ1v) is 9.31. The molecular weight excluding hydrogens is 370 g/mol. The Morgan fingerprint density at radius 1 is 1.22 bits per heavy atom. The third-order valence-electron chi connectivity index (χ3n) is 4.59. The van der Waals surface area contributed by atoms with Gasteiger partial charge in [-0.2, -0.15) is 0 Å². The van der Waals surface area contributed by atoms with Crippen LogP contribution in [0.25, 0.3) is 10.1 Å². The second kappa shape index (κ2) is 8.28. The molecule has 0 aliphatic carbocycles. The third-order valence-corrected chi connectivity index (χ3v) is 5.47. The minimum Gasteiger partial charge on any atom is -0.478 e. The predicted octanol–water partition coefficient (Wildman–Crippen LogP) is 1.44. The normalized spacial score (nSPS) is 23.2. The van der Waals surface area contributed by atoms with Crippen LogP contribution in [-0.2, 0) is 9.59 Å². The van der Waals surface area contributed by atoms with E-state index >= 15 is 0 Å². The lowest BCUT2D eigenvalue weighted by Crippen LogP contribution is -2.43. The fraction of sp³-hybridized carbons (Fsp3) is 0.333. The van der Waals surface area contributed by atoms with E-state index in [1.165, 1.54) is 13.0 Å². The van der Waals surface area contributed by atoms with Crippen molar-refractivity contribution in [1.29, 1.82) is 0 Å². The molecule has 4 heterocycles. The van der Waals surface area contributed by atoms with Gasteiger partial charge < -0.3 is 20.4 Å². The quantitative estimate of drug-likeness (QED) is 0.677. The number of carboxylic acids is 2. The number of fused-ring (bicyclic) bond motifs is 3. The molecule has 27 heavy (non-hydrogen) atoms. The Labute approximate surface area is 159 Å². The molecular formula is C18H19N3O5S. The molecule has 3 atom stereocenters. The summed E-state index contributed by atoms with van der Waals surface area (Å²) in [7, 11) is 0. The second-order valence-electron chi connectivity index (χ2n) is 6.43. The number of piperidine rings is 1. The maximum absolute atomic E-state index is 12.3. The molecule has 2 aromatic rings. The zero-order chi connectivity index (χ0) is 19.4. The highest BCUT2D eigenvalue weighted by Crippen LogP contribution is 2.28. The van der Waals surface area contributed by atoms with Crippen molar-refractivity contribution < 1.29 is 24.6 Å². The number of hydrogen-bond acceptors (Lipinski definition) is 6. The van der Waals surface area contributed by atoms with Gasteiger partial charge in [0.2, 0.25) is 0 Å². The number of carboxylic acid groups (broad SMARTS) is 2. The molecule has 0 saturated carbocycles. The fourth-order valence-corrected chi connectivity index (χ4v) is 4.11. The Balaban J connectivity index is 0.000000226. The summed E-state index contributed by atoms with van der Waals surface area (Å²) in [6.45, 7) is 3.33. The highest BCUT2D eigenvalue weighted by molar-refractivity contribution is 7.17. The summed E-state index contributed by atoms with van der Waals surface area (Å²) in [6, 6.07) is 4.22. The number of thiophene rings is 1. The van der Waals surface area contributed by atoms with Crippen LogP contribution in [0.15, 0.2) is 35.9 Å². The molecule has 2 bridgehead atoms. The van der Waals surface area contributed by atoms with Crippen molar-refractivity contribution in [3.63, 3.8) is 0 Å². The summed E-state index contributed by atoms with van der Waals surface area (Å²) in [4.78, 5) is 38.0. The molecule has 142 valence electrons. The van der Waals surface area contributed by atoms with Crippen molar-refractivity contribution in [1.82, 2.24) is 15.2 Å². The van der Waals surface area contributed by atoms with Crippen molar-refractivity contribution in [3.8, 4) is 0 Å². The second-order valence-corrected chi connectivity index (χ2v) is 7.37. The maximum Gasteiger partial charge on any atom is 0.328 e. The van der Waals surface area contributed by atoms with Gasteiger partial charge >= 0.3 is 11.9 Å². The molecule has 2 fully saturated rings. The molecule has 2 saturated heterocycles. The van der Waals surface area contributed by atoms with E-state index in [0.717, 1.165) is 23.2 Å². The summed E-state index contributed by atoms with van der Waals surface area (Å²) in [5.41, 5.74) is 0.535. The molecule has 0 spiro atoms. The van der Waals surface area contributed by atoms with E-state index in [2.05, 4.69) is 15.2 Å². The zero-order valence-electron chi connectivity index (χ0n) is 14.4. The van der Waals surface area contributed by atoms with Crippen LogP contribution >= 0.6 is 11.3 Å². The highest BCUT2D eigenvalue weighted by atomic mass is 32.1. The number of aromatic nitrogens is 1. The lowest BCUT2D eigenvalue weighted by molar-refractivity contribution is -0.134. The van der Waals surface area contributed by atoms with Crippen LogP contribution in [0, 0.1) is 5.92 Å². The number of carbonyl (C=O) groups is 3. The molecule has 9 heteroatoms. The first-order chi connectivity index (χ1) is 12.9. The van der Waals surface area contributed by atoms with Crippen molar-refractivity contribution in [2.24, 2.45) is 5.92 Å². The lowest BCUT2D eigenvalue weighted by atomic mass is 10.00. The van der Waals surface area contributed by atoms with Crippen molar-refractivity contribution in [2.75, 3.05) is 19.6 Å². The topological polar surface area (TPSA) is 120 Å². The zero-order valence-corrected chi connectivity index (χ0v) is 15.2. The molecule has 2 aromatic heterocycles. The monoisotopic (exact) mass is 389 g/mol. The average molecular weight is 389 g/mol. The van der Waals surface area contributed by atoms with Gasteiger partial charge in [0.1, 0.15) is 5.69 Å². The molecule has 1 amide bonds. The Morgan fingerprint density at radius 3 is 2.56 bits per heavy atom. The summed E-state index contributed by atoms with van der Waals surface area (Å²) in [6.07, 6.45) is 4.11. The number of carbonyl (C=O) groups excluding carboxylic acids is 1. The number of pyridine rings is 1. The van der Waals surface area contributed by atoms with Crippen LogP contribution in [-0.4, -0.2) is 63.6 Å². The van der Waals surface area contributed by atoms with Crippen LogP contribution in [0.3, 0.4) is 0 Å². The van der Waals surface area contributed by atoms with Gasteiger partial charge in [-0.3, -0.25) is 9.78 Å². The van der Waals surface area contributed by atoms with Gasteiger partial charge in [0.15, 0.2) is 0 Å². The van der Waals surface area contributed by atoms with Gasteiger partial charge in [-0.15, -0.1) is 11.3 Å². The lowest BCUT2D eigenvalue weighted by Gasteiger charge is -2.22. The molecule has 4 rings (SSSR count). The van der Waals surface area contributed by atoms with E-state index in [0.29, 0.717) is 29.8 Å². The van der Waals surface area contributed by atoms with E-state index in [-0.39, 0.29) is 5.91 Å². The van der Waals surface area contributed by atoms with Crippen LogP contribution in [0.1, 0.15) is 16.9 Å². The molecule has 3 unspecified atom stereocenters. The van der Waals surface area contributed by atoms with E-state index in [9.17, 15) is 14.4 Å². The smallest absolute Gasteiger partial charge is 0.328 e. The summed E-state index contributed by atoms with van der Waals surface area (Å²) in [5, 5.41) is 21.9. The first kappa shape index (κ1) is 19.0. The molecule has 0 aromatic carbocycles. The molecule has 0 radical (unpaired) electrons. The largest absolute Gasteiger partial charge is 0.478 e. The van der Waals surface area contributed by atoms with E-state index in [4.69, 9.17) is 10.2 Å². The van der Waals surface area contributed by atoms with Crippen molar-refractivity contribution in [2.45, 2.75) is 12.5 Å². The Bertz CT molecular complexity index is 878. The standard InChI is InChI=1S/C14H15N3OS.C4H4O4/c18-14(16-12-8-17-3-1-10(12)7-17)11-5-13-9(6-15-11)2-4-19-13;5-3(6)1-2-4(7)8/h2,4-6,10,12H,1,3,7-8H2,(H,16,18);1-2H,(H,5,6)(H,7,8)/b;2-1+. The van der Waals surface area contributed by atoms with E-state index < -0.39 is 11.9 Å². The van der Waals surface area contributed by atoms with Crippen LogP contribution in [0.4, 0.5) is 0 Å². The Kier molecular flexibility index (Phi) is 5.82. The minimum absolute atomic E-state index is 0.0333. The third kappa shape index (κ3) is 4.89. The Morgan fingerprint density at radius 2 is 1.96 bits per heavy atom. The molecule has 2 aliphatic heterocycles. The number of nitrogens with one attached hydrogen (secondary N) is 1. The van der Waals surface area contributed by atoms with Crippen LogP contribution in [0.2, 0.25) is 0 Å². The first-order valence-electron chi connectivity index (χ1n) is 8.43. The van der Waals surface area contributed by atoms with Crippen LogP contribution in [0.5, 0.6) is 0 Å². The van der Waals surface area contributed by atoms with E-state index in [1.807, 2.05) is 17.5 Å². The van der Waals surface area contributed by atoms with Crippen molar-refractivity contribution >= 4 is 39.3 Å². The Hall–Kier alpha value is -2.78. The van der Waals surface area contributed by atoms with Gasteiger partial charge in [0.25, 0.3) is 5.91 Å². The van der Waals surface area contributed by atoms with Gasteiger partial charge in [-0.1, -0.05) is 0 Å². The number of hydrogen-bond donors (Lipinski definition) is 3. The summed E-state index contributed by atoms with van der Waals surface area (Å²) in [5.74, 6) is -1.91. The van der Waals surface area contributed by atoms with Gasteiger partial charge in [-0.25, -0.2) is 9.59 Å². The van der Waals surface area contributed by atoms with Gasteiger partial charge in [0.05, 0.1) is 0 Å². The highest BCUT2D eigenvalue weighted by Gasteiger charge is 2.38. The maximum atomic E-state index is 12.3. The van der Waals surface area contributed by atoms with Crippen molar-refractivity contribution in [3.05, 3.63) is 41.6 Å². The predicted molar refractivity (Wildman–Crippen MR) is 99.8 cm³/mol.